The van der Waals surface area contributed by atoms with Crippen LogP contribution in [0.3, 0.4) is 0 Å². The van der Waals surface area contributed by atoms with Crippen molar-refractivity contribution in [1.29, 1.82) is 0 Å². The molecule has 0 amide bonds. The van der Waals surface area contributed by atoms with Crippen LogP contribution in [0.15, 0.2) is 65.7 Å². The van der Waals surface area contributed by atoms with Crippen LogP contribution < -0.4 is 10.6 Å². The van der Waals surface area contributed by atoms with Crippen molar-refractivity contribution in [1.82, 2.24) is 10.6 Å². The molecular formula is C20H25N3. The normalized spacial score (nSPS) is 14.2. The van der Waals surface area contributed by atoms with Crippen LogP contribution >= 0.6 is 0 Å². The number of hydrogen-bond acceptors (Lipinski definition) is 3. The molecule has 0 spiro atoms. The lowest BCUT2D eigenvalue weighted by molar-refractivity contribution is 0.631. The summed E-state index contributed by atoms with van der Waals surface area (Å²) < 4.78 is 0. The number of nitrogens with one attached hydrogen (secondary N) is 2. The molecular weight excluding hydrogens is 282 g/mol. The number of nitrogens with zero attached hydrogens (tertiary/aromatic N) is 1. The van der Waals surface area contributed by atoms with E-state index in [2.05, 4.69) is 76.3 Å². The highest BCUT2D eigenvalue weighted by Gasteiger charge is 2.13. The number of guanidine groups is 1. The fourth-order valence-corrected chi connectivity index (χ4v) is 3.06. The van der Waals surface area contributed by atoms with Gasteiger partial charge in [-0.1, -0.05) is 60.7 Å². The Labute approximate surface area is 138 Å². The molecule has 3 rings (SSSR count). The summed E-state index contributed by atoms with van der Waals surface area (Å²) in [5.41, 5.74) is 2.79. The Hall–Kier alpha value is -2.29. The molecule has 0 saturated heterocycles. The molecule has 0 fully saturated rings. The van der Waals surface area contributed by atoms with Crippen LogP contribution in [0.1, 0.15) is 36.3 Å². The molecule has 0 radical (unpaired) electrons. The van der Waals surface area contributed by atoms with E-state index in [1.54, 1.807) is 0 Å². The van der Waals surface area contributed by atoms with Crippen LogP contribution in [0.2, 0.25) is 0 Å². The highest BCUT2D eigenvalue weighted by atomic mass is 15.2. The van der Waals surface area contributed by atoms with Gasteiger partial charge in [0.15, 0.2) is 5.96 Å². The molecule has 1 heterocycles. The summed E-state index contributed by atoms with van der Waals surface area (Å²) in [5.74, 6) is 1.42. The van der Waals surface area contributed by atoms with Crippen molar-refractivity contribution >= 4 is 5.96 Å². The molecule has 120 valence electrons. The Morgan fingerprint density at radius 2 is 1.61 bits per heavy atom. The van der Waals surface area contributed by atoms with Gasteiger partial charge in [0, 0.05) is 25.6 Å². The first-order chi connectivity index (χ1) is 11.4. The van der Waals surface area contributed by atoms with Crippen molar-refractivity contribution in [3.63, 3.8) is 0 Å². The van der Waals surface area contributed by atoms with E-state index in [1.807, 2.05) is 0 Å². The Morgan fingerprint density at radius 3 is 2.17 bits per heavy atom. The third kappa shape index (κ3) is 4.59. The summed E-state index contributed by atoms with van der Waals surface area (Å²) in [6.07, 6.45) is 3.39. The van der Waals surface area contributed by atoms with Crippen molar-refractivity contribution in [2.45, 2.75) is 25.2 Å². The van der Waals surface area contributed by atoms with Gasteiger partial charge in [0.25, 0.3) is 0 Å². The molecule has 2 N–H and O–H groups in total. The van der Waals surface area contributed by atoms with Crippen LogP contribution in [0.4, 0.5) is 0 Å². The van der Waals surface area contributed by atoms with E-state index >= 15 is 0 Å². The van der Waals surface area contributed by atoms with Gasteiger partial charge < -0.3 is 10.6 Å². The van der Waals surface area contributed by atoms with Gasteiger partial charge in [-0.3, -0.25) is 4.99 Å². The molecule has 0 atom stereocenters. The molecule has 0 aromatic heterocycles. The molecule has 3 nitrogen and oxygen atoms in total. The molecule has 1 aliphatic rings. The Balaban J connectivity index is 1.59. The maximum absolute atomic E-state index is 4.46. The maximum Gasteiger partial charge on any atom is 0.191 e. The van der Waals surface area contributed by atoms with Crippen LogP contribution in [-0.4, -0.2) is 25.6 Å². The number of benzene rings is 2. The summed E-state index contributed by atoms with van der Waals surface area (Å²) in [7, 11) is 0. The summed E-state index contributed by atoms with van der Waals surface area (Å²) in [4.78, 5) is 4.46. The van der Waals surface area contributed by atoms with Gasteiger partial charge in [0.05, 0.1) is 0 Å². The lowest BCUT2D eigenvalue weighted by atomic mass is 9.87. The fraction of sp³-hybridized carbons (Fsp3) is 0.350. The van der Waals surface area contributed by atoms with Gasteiger partial charge in [-0.25, -0.2) is 0 Å². The van der Waals surface area contributed by atoms with E-state index in [0.29, 0.717) is 5.92 Å². The smallest absolute Gasteiger partial charge is 0.191 e. The van der Waals surface area contributed by atoms with E-state index in [1.165, 1.54) is 11.1 Å². The summed E-state index contributed by atoms with van der Waals surface area (Å²) in [6.45, 7) is 2.93. The lowest BCUT2D eigenvalue weighted by Gasteiger charge is -2.19. The van der Waals surface area contributed by atoms with Gasteiger partial charge in [-0.2, -0.15) is 0 Å². The second-order valence-electron chi connectivity index (χ2n) is 5.95. The molecule has 2 aromatic rings. The molecule has 0 aliphatic carbocycles. The van der Waals surface area contributed by atoms with Crippen molar-refractivity contribution in [3.8, 4) is 0 Å². The summed E-state index contributed by atoms with van der Waals surface area (Å²) >= 11 is 0. The van der Waals surface area contributed by atoms with Crippen molar-refractivity contribution in [2.24, 2.45) is 4.99 Å². The average Bonchev–Trinajstić information content (AvgIpc) is 2.64. The molecule has 23 heavy (non-hydrogen) atoms. The first kappa shape index (κ1) is 15.6. The van der Waals surface area contributed by atoms with Gasteiger partial charge in [0.2, 0.25) is 0 Å². The molecule has 0 unspecified atom stereocenters. The number of aliphatic imine (C=N–C) groups is 1. The maximum atomic E-state index is 4.46. The zero-order valence-corrected chi connectivity index (χ0v) is 13.5. The average molecular weight is 307 g/mol. The largest absolute Gasteiger partial charge is 0.356 e. The van der Waals surface area contributed by atoms with Gasteiger partial charge in [-0.05, 0) is 30.4 Å². The molecule has 0 saturated carbocycles. The van der Waals surface area contributed by atoms with Crippen LogP contribution in [-0.2, 0) is 0 Å². The highest BCUT2D eigenvalue weighted by Crippen LogP contribution is 2.28. The summed E-state index contributed by atoms with van der Waals surface area (Å²) in [5, 5.41) is 6.73. The fourth-order valence-electron chi connectivity index (χ4n) is 3.06. The Kier molecular flexibility index (Phi) is 5.68. The van der Waals surface area contributed by atoms with Gasteiger partial charge in [-0.15, -0.1) is 0 Å². The van der Waals surface area contributed by atoms with Crippen molar-refractivity contribution in [3.05, 3.63) is 71.8 Å². The first-order valence-corrected chi connectivity index (χ1v) is 8.55. The molecule has 1 aliphatic heterocycles. The third-order valence-electron chi connectivity index (χ3n) is 4.26. The number of rotatable bonds is 6. The zero-order chi connectivity index (χ0) is 15.7. The summed E-state index contributed by atoms with van der Waals surface area (Å²) in [6, 6.07) is 21.6. The lowest BCUT2D eigenvalue weighted by Crippen LogP contribution is -2.41. The van der Waals surface area contributed by atoms with Gasteiger partial charge in [0.1, 0.15) is 0 Å². The van der Waals surface area contributed by atoms with Crippen molar-refractivity contribution in [2.75, 3.05) is 19.6 Å². The Bertz CT molecular complexity index is 568. The highest BCUT2D eigenvalue weighted by molar-refractivity contribution is 5.80. The minimum atomic E-state index is 0.459. The predicted molar refractivity (Wildman–Crippen MR) is 96.9 cm³/mol. The van der Waals surface area contributed by atoms with E-state index in [0.717, 1.165) is 44.9 Å². The second-order valence-corrected chi connectivity index (χ2v) is 5.95. The standard InChI is InChI=1S/C20H25N3/c1-3-9-17(10-4-1)19(18-11-5-2-6-12-18)13-7-14-21-20-22-15-8-16-23-20/h1-6,9-12,19H,7-8,13-16H2,(H2,21,22,23). The Morgan fingerprint density at radius 1 is 0.957 bits per heavy atom. The molecule has 2 aromatic carbocycles. The molecule has 3 heteroatoms. The topological polar surface area (TPSA) is 36.4 Å². The minimum Gasteiger partial charge on any atom is -0.356 e. The van der Waals surface area contributed by atoms with Crippen molar-refractivity contribution < 1.29 is 0 Å². The van der Waals surface area contributed by atoms with Crippen LogP contribution in [0.25, 0.3) is 0 Å². The van der Waals surface area contributed by atoms with Crippen LogP contribution in [0.5, 0.6) is 0 Å². The van der Waals surface area contributed by atoms with E-state index in [-0.39, 0.29) is 0 Å². The quantitative estimate of drug-likeness (QED) is 0.801. The van der Waals surface area contributed by atoms with E-state index in [9.17, 15) is 0 Å². The van der Waals surface area contributed by atoms with Gasteiger partial charge >= 0.3 is 0 Å². The van der Waals surface area contributed by atoms with E-state index < -0.39 is 0 Å². The SMILES string of the molecule is c1ccc(C(CCCNC2=NCCCN2)c2ccccc2)cc1. The monoisotopic (exact) mass is 307 g/mol. The second kappa shape index (κ2) is 8.37. The zero-order valence-electron chi connectivity index (χ0n) is 13.5. The van der Waals surface area contributed by atoms with E-state index in [4.69, 9.17) is 0 Å². The predicted octanol–water partition coefficient (Wildman–Crippen LogP) is 3.54. The first-order valence-electron chi connectivity index (χ1n) is 8.55. The number of hydrogen-bond donors (Lipinski definition) is 2. The third-order valence-corrected chi connectivity index (χ3v) is 4.26. The molecule has 0 bridgehead atoms. The minimum absolute atomic E-state index is 0.459. The van der Waals surface area contributed by atoms with Crippen LogP contribution in [0, 0.1) is 0 Å².